The Balaban J connectivity index is 2.01. The minimum atomic E-state index is -0.497. The first kappa shape index (κ1) is 14.0. The standard InChI is InChI=1S/C13H15ClFN3O/c1-2-6-16-7-5-12-17-18-13(19-12)9-3-4-10(14)11(15)8-9/h3-4,8,16H,2,5-7H2,1H3. The maximum Gasteiger partial charge on any atom is 0.247 e. The lowest BCUT2D eigenvalue weighted by Crippen LogP contribution is -2.17. The van der Waals surface area contributed by atoms with Crippen molar-refractivity contribution in [3.8, 4) is 11.5 Å². The summed E-state index contributed by atoms with van der Waals surface area (Å²) in [6, 6.07) is 4.41. The van der Waals surface area contributed by atoms with Crippen LogP contribution in [-0.2, 0) is 6.42 Å². The van der Waals surface area contributed by atoms with Crippen molar-refractivity contribution >= 4 is 11.6 Å². The van der Waals surface area contributed by atoms with Crippen LogP contribution >= 0.6 is 11.6 Å². The second kappa shape index (κ2) is 6.63. The van der Waals surface area contributed by atoms with E-state index in [2.05, 4.69) is 22.4 Å². The van der Waals surface area contributed by atoms with Gasteiger partial charge in [-0.15, -0.1) is 10.2 Å². The first-order chi connectivity index (χ1) is 9.20. The van der Waals surface area contributed by atoms with E-state index in [1.165, 1.54) is 12.1 Å². The van der Waals surface area contributed by atoms with Gasteiger partial charge in [-0.25, -0.2) is 4.39 Å². The number of rotatable bonds is 6. The van der Waals surface area contributed by atoms with Gasteiger partial charge < -0.3 is 9.73 Å². The molecule has 1 aromatic carbocycles. The number of halogens is 2. The Labute approximate surface area is 116 Å². The Hall–Kier alpha value is -1.46. The summed E-state index contributed by atoms with van der Waals surface area (Å²) in [4.78, 5) is 0. The second-order valence-electron chi connectivity index (χ2n) is 4.13. The molecule has 0 atom stereocenters. The van der Waals surface area contributed by atoms with Gasteiger partial charge in [-0.3, -0.25) is 0 Å². The molecule has 2 aromatic rings. The van der Waals surface area contributed by atoms with Gasteiger partial charge in [0, 0.05) is 18.5 Å². The zero-order valence-electron chi connectivity index (χ0n) is 10.6. The van der Waals surface area contributed by atoms with E-state index in [1.54, 1.807) is 6.07 Å². The van der Waals surface area contributed by atoms with E-state index in [4.69, 9.17) is 16.0 Å². The Kier molecular flexibility index (Phi) is 4.87. The highest BCUT2D eigenvalue weighted by Crippen LogP contribution is 2.23. The van der Waals surface area contributed by atoms with Crippen molar-refractivity contribution in [3.05, 3.63) is 34.9 Å². The second-order valence-corrected chi connectivity index (χ2v) is 4.54. The summed E-state index contributed by atoms with van der Waals surface area (Å²) in [6.07, 6.45) is 1.74. The number of nitrogens with zero attached hydrogens (tertiary/aromatic N) is 2. The molecule has 2 rings (SSSR count). The molecule has 0 unspecified atom stereocenters. The van der Waals surface area contributed by atoms with Crippen LogP contribution in [0.4, 0.5) is 4.39 Å². The van der Waals surface area contributed by atoms with Gasteiger partial charge in [0.2, 0.25) is 11.8 Å². The molecule has 4 nitrogen and oxygen atoms in total. The summed E-state index contributed by atoms with van der Waals surface area (Å²) in [5.74, 6) is 0.346. The predicted octanol–water partition coefficient (Wildman–Crippen LogP) is 3.07. The topological polar surface area (TPSA) is 51.0 Å². The van der Waals surface area contributed by atoms with Crippen LogP contribution in [0.25, 0.3) is 11.5 Å². The Morgan fingerprint density at radius 2 is 2.16 bits per heavy atom. The van der Waals surface area contributed by atoms with Crippen LogP contribution in [0.5, 0.6) is 0 Å². The molecule has 0 aliphatic carbocycles. The lowest BCUT2D eigenvalue weighted by Gasteiger charge is -1.99. The number of hydrogen-bond donors (Lipinski definition) is 1. The van der Waals surface area contributed by atoms with Crippen LogP contribution in [-0.4, -0.2) is 23.3 Å². The molecule has 0 saturated carbocycles. The summed E-state index contributed by atoms with van der Waals surface area (Å²) in [6.45, 7) is 3.85. The van der Waals surface area contributed by atoms with Crippen LogP contribution in [0, 0.1) is 5.82 Å². The van der Waals surface area contributed by atoms with Gasteiger partial charge in [-0.05, 0) is 31.2 Å². The zero-order chi connectivity index (χ0) is 13.7. The lowest BCUT2D eigenvalue weighted by atomic mass is 10.2. The summed E-state index contributed by atoms with van der Waals surface area (Å²) < 4.78 is 18.8. The fraction of sp³-hybridized carbons (Fsp3) is 0.385. The molecule has 0 spiro atoms. The molecule has 0 saturated heterocycles. The van der Waals surface area contributed by atoms with Crippen LogP contribution in [0.15, 0.2) is 22.6 Å². The first-order valence-electron chi connectivity index (χ1n) is 6.19. The van der Waals surface area contributed by atoms with Crippen molar-refractivity contribution in [2.75, 3.05) is 13.1 Å². The molecule has 6 heteroatoms. The summed E-state index contributed by atoms with van der Waals surface area (Å²) in [7, 11) is 0. The molecular weight excluding hydrogens is 269 g/mol. The lowest BCUT2D eigenvalue weighted by molar-refractivity contribution is 0.494. The Morgan fingerprint density at radius 3 is 2.89 bits per heavy atom. The highest BCUT2D eigenvalue weighted by Gasteiger charge is 2.10. The van der Waals surface area contributed by atoms with E-state index in [0.29, 0.717) is 23.8 Å². The first-order valence-corrected chi connectivity index (χ1v) is 6.57. The maximum atomic E-state index is 13.3. The van der Waals surface area contributed by atoms with Crippen LogP contribution < -0.4 is 5.32 Å². The van der Waals surface area contributed by atoms with E-state index in [9.17, 15) is 4.39 Å². The molecule has 1 aromatic heterocycles. The van der Waals surface area contributed by atoms with Crippen LogP contribution in [0.3, 0.4) is 0 Å². The normalized spacial score (nSPS) is 10.9. The zero-order valence-corrected chi connectivity index (χ0v) is 11.4. The molecule has 0 aliphatic heterocycles. The third kappa shape index (κ3) is 3.75. The van der Waals surface area contributed by atoms with Gasteiger partial charge in [0.15, 0.2) is 0 Å². The molecule has 0 bridgehead atoms. The van der Waals surface area contributed by atoms with Gasteiger partial charge in [0.05, 0.1) is 5.02 Å². The molecular formula is C13H15ClFN3O. The Morgan fingerprint density at radius 1 is 1.32 bits per heavy atom. The van der Waals surface area contributed by atoms with Gasteiger partial charge in [-0.1, -0.05) is 18.5 Å². The predicted molar refractivity (Wildman–Crippen MR) is 71.6 cm³/mol. The van der Waals surface area contributed by atoms with Gasteiger partial charge in [0.1, 0.15) is 5.82 Å². The van der Waals surface area contributed by atoms with Gasteiger partial charge in [-0.2, -0.15) is 0 Å². The quantitative estimate of drug-likeness (QED) is 0.828. The third-order valence-corrected chi connectivity index (χ3v) is 2.88. The minimum Gasteiger partial charge on any atom is -0.421 e. The molecule has 1 heterocycles. The van der Waals surface area contributed by atoms with E-state index >= 15 is 0 Å². The highest BCUT2D eigenvalue weighted by atomic mass is 35.5. The van der Waals surface area contributed by atoms with Crippen molar-refractivity contribution in [2.24, 2.45) is 0 Å². The summed E-state index contributed by atoms with van der Waals surface area (Å²) >= 11 is 5.62. The number of nitrogens with one attached hydrogen (secondary N) is 1. The maximum absolute atomic E-state index is 13.3. The number of benzene rings is 1. The monoisotopic (exact) mass is 283 g/mol. The number of aromatic nitrogens is 2. The molecule has 0 radical (unpaired) electrons. The molecule has 0 aliphatic rings. The van der Waals surface area contributed by atoms with Gasteiger partial charge >= 0.3 is 0 Å². The van der Waals surface area contributed by atoms with Crippen molar-refractivity contribution in [1.82, 2.24) is 15.5 Å². The average molecular weight is 284 g/mol. The Bertz CT molecular complexity index is 544. The van der Waals surface area contributed by atoms with Crippen molar-refractivity contribution in [2.45, 2.75) is 19.8 Å². The molecule has 19 heavy (non-hydrogen) atoms. The van der Waals surface area contributed by atoms with E-state index in [0.717, 1.165) is 19.5 Å². The van der Waals surface area contributed by atoms with Gasteiger partial charge in [0.25, 0.3) is 0 Å². The van der Waals surface area contributed by atoms with Crippen LogP contribution in [0.2, 0.25) is 5.02 Å². The third-order valence-electron chi connectivity index (χ3n) is 2.58. The summed E-state index contributed by atoms with van der Waals surface area (Å²) in [5.41, 5.74) is 0.530. The van der Waals surface area contributed by atoms with E-state index < -0.39 is 5.82 Å². The molecule has 102 valence electrons. The minimum absolute atomic E-state index is 0.0762. The van der Waals surface area contributed by atoms with Crippen LogP contribution in [0.1, 0.15) is 19.2 Å². The average Bonchev–Trinajstić information content (AvgIpc) is 2.87. The molecule has 0 fully saturated rings. The largest absolute Gasteiger partial charge is 0.421 e. The van der Waals surface area contributed by atoms with Crippen molar-refractivity contribution in [1.29, 1.82) is 0 Å². The fourth-order valence-corrected chi connectivity index (χ4v) is 1.72. The van der Waals surface area contributed by atoms with Crippen molar-refractivity contribution < 1.29 is 8.81 Å². The van der Waals surface area contributed by atoms with Crippen molar-refractivity contribution in [3.63, 3.8) is 0 Å². The fourth-order valence-electron chi connectivity index (χ4n) is 1.60. The molecule has 0 amide bonds. The number of hydrogen-bond acceptors (Lipinski definition) is 4. The van der Waals surface area contributed by atoms with E-state index in [1.807, 2.05) is 0 Å². The SMILES string of the molecule is CCCNCCc1nnc(-c2ccc(Cl)c(F)c2)o1. The summed E-state index contributed by atoms with van der Waals surface area (Å²) in [5, 5.41) is 11.2. The molecule has 1 N–H and O–H groups in total. The smallest absolute Gasteiger partial charge is 0.247 e. The van der Waals surface area contributed by atoms with E-state index in [-0.39, 0.29) is 5.02 Å². The highest BCUT2D eigenvalue weighted by molar-refractivity contribution is 6.30.